The Morgan fingerprint density at radius 1 is 0.714 bits per heavy atom. The number of hydrogen-bond donors (Lipinski definition) is 2. The standard InChI is InChI=1S/C30H27FN2O2/c31-26-19-11-10-12-22(26)20-27(29(32)35)33-28(34)21-30(23-13-4-1-5-14-23,24-15-6-2-7-16-24)25-17-8-3-9-18-25/h1-19,27H,20-21H2,(H2,32,35)(H,33,34)/t27-/m0/s1. The fraction of sp³-hybridized carbons (Fsp3) is 0.133. The molecule has 0 aliphatic heterocycles. The number of benzene rings is 4. The predicted molar refractivity (Wildman–Crippen MR) is 135 cm³/mol. The first-order valence-corrected chi connectivity index (χ1v) is 11.5. The summed E-state index contributed by atoms with van der Waals surface area (Å²) in [6.07, 6.45) is 0.00878. The van der Waals surface area contributed by atoms with Gasteiger partial charge in [-0.2, -0.15) is 0 Å². The first-order chi connectivity index (χ1) is 17.0. The van der Waals surface area contributed by atoms with E-state index in [0.29, 0.717) is 5.56 Å². The van der Waals surface area contributed by atoms with Crippen molar-refractivity contribution in [1.82, 2.24) is 5.32 Å². The molecular weight excluding hydrogens is 439 g/mol. The Bertz CT molecular complexity index is 1180. The minimum Gasteiger partial charge on any atom is -0.368 e. The SMILES string of the molecule is NC(=O)[C@H](Cc1ccccc1F)NC(=O)CC(c1ccccc1)(c1ccccc1)c1ccccc1. The van der Waals surface area contributed by atoms with Gasteiger partial charge >= 0.3 is 0 Å². The third-order valence-electron chi connectivity index (χ3n) is 6.29. The van der Waals surface area contributed by atoms with E-state index in [0.717, 1.165) is 16.7 Å². The Hall–Kier alpha value is -4.25. The summed E-state index contributed by atoms with van der Waals surface area (Å²) >= 11 is 0. The second kappa shape index (κ2) is 10.8. The van der Waals surface area contributed by atoms with Crippen LogP contribution in [0.1, 0.15) is 28.7 Å². The van der Waals surface area contributed by atoms with Crippen LogP contribution in [0, 0.1) is 5.82 Å². The molecule has 3 N–H and O–H groups in total. The molecule has 4 aromatic carbocycles. The van der Waals surface area contributed by atoms with E-state index in [2.05, 4.69) is 5.32 Å². The van der Waals surface area contributed by atoms with Gasteiger partial charge in [-0.15, -0.1) is 0 Å². The zero-order valence-corrected chi connectivity index (χ0v) is 19.2. The number of nitrogens with two attached hydrogens (primary N) is 1. The first-order valence-electron chi connectivity index (χ1n) is 11.5. The lowest BCUT2D eigenvalue weighted by Crippen LogP contribution is -2.48. The van der Waals surface area contributed by atoms with Crippen LogP contribution in [0.5, 0.6) is 0 Å². The molecule has 1 atom stereocenters. The summed E-state index contributed by atoms with van der Waals surface area (Å²) in [5.74, 6) is -1.52. The van der Waals surface area contributed by atoms with Gasteiger partial charge in [-0.3, -0.25) is 9.59 Å². The monoisotopic (exact) mass is 466 g/mol. The molecule has 0 fully saturated rings. The van der Waals surface area contributed by atoms with E-state index in [-0.39, 0.29) is 18.7 Å². The van der Waals surface area contributed by atoms with Crippen LogP contribution >= 0.6 is 0 Å². The van der Waals surface area contributed by atoms with Crippen LogP contribution in [-0.2, 0) is 21.4 Å². The molecule has 0 spiro atoms. The summed E-state index contributed by atoms with van der Waals surface area (Å²) in [7, 11) is 0. The van der Waals surface area contributed by atoms with Crippen LogP contribution in [0.3, 0.4) is 0 Å². The van der Waals surface area contributed by atoms with Crippen molar-refractivity contribution in [3.63, 3.8) is 0 Å². The lowest BCUT2D eigenvalue weighted by molar-refractivity contribution is -0.127. The summed E-state index contributed by atoms with van der Waals surface area (Å²) in [5, 5.41) is 2.78. The Labute approximate surface area is 204 Å². The predicted octanol–water partition coefficient (Wildman–Crippen LogP) is 4.76. The van der Waals surface area contributed by atoms with Gasteiger partial charge in [0.1, 0.15) is 11.9 Å². The topological polar surface area (TPSA) is 72.2 Å². The van der Waals surface area contributed by atoms with Crippen LogP contribution in [0.15, 0.2) is 115 Å². The van der Waals surface area contributed by atoms with Gasteiger partial charge in [0.15, 0.2) is 0 Å². The van der Waals surface area contributed by atoms with Crippen molar-refractivity contribution in [3.05, 3.63) is 143 Å². The number of carbonyl (C=O) groups excluding carboxylic acids is 2. The summed E-state index contributed by atoms with van der Waals surface area (Å²) < 4.78 is 14.2. The number of halogens is 1. The van der Waals surface area contributed by atoms with E-state index in [1.165, 1.54) is 6.07 Å². The fourth-order valence-electron chi connectivity index (χ4n) is 4.57. The molecule has 4 aromatic rings. The molecule has 0 heterocycles. The van der Waals surface area contributed by atoms with Gasteiger partial charge in [0.05, 0.1) is 5.41 Å². The highest BCUT2D eigenvalue weighted by molar-refractivity contribution is 5.88. The number of carbonyl (C=O) groups is 2. The van der Waals surface area contributed by atoms with Crippen molar-refractivity contribution in [1.29, 1.82) is 0 Å². The van der Waals surface area contributed by atoms with Gasteiger partial charge in [-0.1, -0.05) is 109 Å². The zero-order chi connectivity index (χ0) is 24.7. The Morgan fingerprint density at radius 2 is 1.14 bits per heavy atom. The third kappa shape index (κ3) is 5.30. The lowest BCUT2D eigenvalue weighted by Gasteiger charge is -2.36. The molecule has 4 nitrogen and oxygen atoms in total. The maximum absolute atomic E-state index is 14.2. The Morgan fingerprint density at radius 3 is 1.57 bits per heavy atom. The molecule has 4 rings (SSSR count). The van der Waals surface area contributed by atoms with Crippen LogP contribution in [-0.4, -0.2) is 17.9 Å². The molecule has 2 amide bonds. The second-order valence-electron chi connectivity index (χ2n) is 8.50. The van der Waals surface area contributed by atoms with Gasteiger partial charge in [-0.05, 0) is 28.3 Å². The third-order valence-corrected chi connectivity index (χ3v) is 6.29. The lowest BCUT2D eigenvalue weighted by atomic mass is 9.67. The average Bonchev–Trinajstić information content (AvgIpc) is 2.89. The summed E-state index contributed by atoms with van der Waals surface area (Å²) in [5.41, 5.74) is 7.93. The maximum Gasteiger partial charge on any atom is 0.240 e. The largest absolute Gasteiger partial charge is 0.368 e. The second-order valence-corrected chi connectivity index (χ2v) is 8.50. The molecule has 5 heteroatoms. The molecule has 0 aliphatic carbocycles. The highest BCUT2D eigenvalue weighted by Crippen LogP contribution is 2.42. The molecule has 176 valence electrons. The summed E-state index contributed by atoms with van der Waals surface area (Å²) in [4.78, 5) is 25.8. The average molecular weight is 467 g/mol. The van der Waals surface area contributed by atoms with Gasteiger partial charge in [-0.25, -0.2) is 4.39 Å². The first kappa shape index (κ1) is 23.9. The van der Waals surface area contributed by atoms with E-state index in [4.69, 9.17) is 5.73 Å². The molecule has 0 radical (unpaired) electrons. The molecule has 0 saturated heterocycles. The number of rotatable bonds is 9. The maximum atomic E-state index is 14.2. The van der Waals surface area contributed by atoms with Crippen molar-refractivity contribution >= 4 is 11.8 Å². The molecule has 0 bridgehead atoms. The normalized spacial score (nSPS) is 12.0. The minimum absolute atomic E-state index is 0.0250. The van der Waals surface area contributed by atoms with Crippen LogP contribution in [0.2, 0.25) is 0 Å². The number of primary amides is 1. The van der Waals surface area contributed by atoms with Crippen LogP contribution in [0.4, 0.5) is 4.39 Å². The fourth-order valence-corrected chi connectivity index (χ4v) is 4.57. The number of nitrogens with one attached hydrogen (secondary N) is 1. The van der Waals surface area contributed by atoms with E-state index >= 15 is 0 Å². The molecular formula is C30H27FN2O2. The molecule has 0 saturated carbocycles. The van der Waals surface area contributed by atoms with Crippen molar-refractivity contribution in [2.75, 3.05) is 0 Å². The van der Waals surface area contributed by atoms with Gasteiger partial charge in [0.25, 0.3) is 0 Å². The van der Waals surface area contributed by atoms with Crippen molar-refractivity contribution in [2.24, 2.45) is 5.73 Å². The minimum atomic E-state index is -1.04. The number of amides is 2. The van der Waals surface area contributed by atoms with Gasteiger partial charge in [0.2, 0.25) is 11.8 Å². The summed E-state index contributed by atoms with van der Waals surface area (Å²) in [6.45, 7) is 0. The van der Waals surface area contributed by atoms with Crippen molar-refractivity contribution < 1.29 is 14.0 Å². The van der Waals surface area contributed by atoms with Gasteiger partial charge < -0.3 is 11.1 Å². The number of hydrogen-bond acceptors (Lipinski definition) is 2. The highest BCUT2D eigenvalue weighted by atomic mass is 19.1. The van der Waals surface area contributed by atoms with E-state index < -0.39 is 23.2 Å². The Balaban J connectivity index is 1.74. The zero-order valence-electron chi connectivity index (χ0n) is 19.2. The molecule has 0 aliphatic rings. The van der Waals surface area contributed by atoms with E-state index in [1.54, 1.807) is 18.2 Å². The van der Waals surface area contributed by atoms with Crippen molar-refractivity contribution in [3.8, 4) is 0 Å². The van der Waals surface area contributed by atoms with Crippen molar-refractivity contribution in [2.45, 2.75) is 24.3 Å². The molecule has 0 aromatic heterocycles. The highest BCUT2D eigenvalue weighted by Gasteiger charge is 2.39. The summed E-state index contributed by atoms with van der Waals surface area (Å²) in [6, 6.07) is 34.6. The smallest absolute Gasteiger partial charge is 0.240 e. The molecule has 35 heavy (non-hydrogen) atoms. The van der Waals surface area contributed by atoms with E-state index in [1.807, 2.05) is 91.0 Å². The molecule has 0 unspecified atom stereocenters. The van der Waals surface area contributed by atoms with Crippen LogP contribution < -0.4 is 11.1 Å². The van der Waals surface area contributed by atoms with Gasteiger partial charge in [0, 0.05) is 12.8 Å². The quantitative estimate of drug-likeness (QED) is 0.349. The van der Waals surface area contributed by atoms with Crippen LogP contribution in [0.25, 0.3) is 0 Å². The van der Waals surface area contributed by atoms with E-state index in [9.17, 15) is 14.0 Å². The Kier molecular flexibility index (Phi) is 7.36.